The lowest BCUT2D eigenvalue weighted by molar-refractivity contribution is -0.104. The van der Waals surface area contributed by atoms with Crippen LogP contribution in [0.3, 0.4) is 0 Å². The van der Waals surface area contributed by atoms with Crippen LogP contribution in [0.15, 0.2) is 48.7 Å². The minimum absolute atomic E-state index is 0.288. The van der Waals surface area contributed by atoms with Crippen molar-refractivity contribution in [3.05, 3.63) is 48.7 Å². The first-order chi connectivity index (χ1) is 8.34. The van der Waals surface area contributed by atoms with Crippen LogP contribution in [0, 0.1) is 0 Å². The summed E-state index contributed by atoms with van der Waals surface area (Å²) in [7, 11) is 0. The summed E-state index contributed by atoms with van der Waals surface area (Å²) in [5.41, 5.74) is -0.00253. The molecule has 1 N–H and O–H groups in total. The number of carbonyl (C=O) groups is 2. The van der Waals surface area contributed by atoms with Gasteiger partial charge in [-0.25, -0.2) is 4.79 Å². The number of hydrogen-bond donors (Lipinski definition) is 1. The molecular formula is C14H19NO3. The van der Waals surface area contributed by atoms with Crippen LogP contribution in [-0.4, -0.2) is 18.0 Å². The molecule has 0 saturated heterocycles. The van der Waals surface area contributed by atoms with Crippen LogP contribution in [0.4, 0.5) is 4.79 Å². The second-order valence-electron chi connectivity index (χ2n) is 4.42. The largest absolute Gasteiger partial charge is 0.444 e. The fraction of sp³-hybridized carbons (Fsp3) is 0.286. The number of rotatable bonds is 5. The SMILES string of the molecule is C=C/C=C(C=O)\C(=C/C=C)NC(=O)OC(C)(C)C. The molecule has 0 aromatic heterocycles. The van der Waals surface area contributed by atoms with Gasteiger partial charge >= 0.3 is 6.09 Å². The molecule has 0 heterocycles. The number of ether oxygens (including phenoxy) is 1. The molecule has 0 saturated carbocycles. The normalized spacial score (nSPS) is 12.6. The summed E-state index contributed by atoms with van der Waals surface area (Å²) in [5, 5.41) is 2.49. The van der Waals surface area contributed by atoms with Gasteiger partial charge in [0.25, 0.3) is 0 Å². The summed E-state index contributed by atoms with van der Waals surface area (Å²) >= 11 is 0. The zero-order valence-electron chi connectivity index (χ0n) is 11.0. The van der Waals surface area contributed by atoms with E-state index in [0.717, 1.165) is 0 Å². The highest BCUT2D eigenvalue weighted by Crippen LogP contribution is 2.10. The highest BCUT2D eigenvalue weighted by atomic mass is 16.6. The predicted octanol–water partition coefficient (Wildman–Crippen LogP) is 2.89. The fourth-order valence-corrected chi connectivity index (χ4v) is 1.06. The van der Waals surface area contributed by atoms with Gasteiger partial charge in [0.2, 0.25) is 0 Å². The van der Waals surface area contributed by atoms with Crippen LogP contribution in [0.25, 0.3) is 0 Å². The molecule has 4 heteroatoms. The van der Waals surface area contributed by atoms with E-state index in [2.05, 4.69) is 18.5 Å². The smallest absolute Gasteiger partial charge is 0.412 e. The zero-order chi connectivity index (χ0) is 14.2. The van der Waals surface area contributed by atoms with Gasteiger partial charge in [0.15, 0.2) is 6.29 Å². The minimum Gasteiger partial charge on any atom is -0.444 e. The highest BCUT2D eigenvalue weighted by Gasteiger charge is 2.17. The standard InChI is InChI=1S/C14H19NO3/c1-6-8-11(10-16)12(9-7-2)15-13(17)18-14(3,4)5/h6-10H,1-2H2,3-5H3,(H,15,17)/b11-8-,12-9+. The van der Waals surface area contributed by atoms with Gasteiger partial charge in [-0.15, -0.1) is 0 Å². The molecule has 1 amide bonds. The van der Waals surface area contributed by atoms with Crippen LogP contribution in [-0.2, 0) is 9.53 Å². The van der Waals surface area contributed by atoms with Crippen molar-refractivity contribution in [2.45, 2.75) is 26.4 Å². The minimum atomic E-state index is -0.632. The maximum Gasteiger partial charge on any atom is 0.412 e. The number of amides is 1. The van der Waals surface area contributed by atoms with E-state index >= 15 is 0 Å². The van der Waals surface area contributed by atoms with Crippen LogP contribution in [0.5, 0.6) is 0 Å². The number of aldehydes is 1. The van der Waals surface area contributed by atoms with Gasteiger partial charge < -0.3 is 4.74 Å². The maximum atomic E-state index is 11.6. The Balaban J connectivity index is 4.96. The Hall–Kier alpha value is -2.10. The number of alkyl carbamates (subject to hydrolysis) is 1. The lowest BCUT2D eigenvalue weighted by Crippen LogP contribution is -2.32. The number of nitrogens with one attached hydrogen (secondary N) is 1. The third-order valence-corrected chi connectivity index (χ3v) is 1.66. The molecule has 0 aliphatic heterocycles. The highest BCUT2D eigenvalue weighted by molar-refractivity contribution is 5.84. The van der Waals surface area contributed by atoms with E-state index in [0.29, 0.717) is 12.0 Å². The van der Waals surface area contributed by atoms with Crippen LogP contribution >= 0.6 is 0 Å². The summed E-state index contributed by atoms with van der Waals surface area (Å²) in [6.07, 6.45) is 5.90. The Morgan fingerprint density at radius 3 is 2.11 bits per heavy atom. The lowest BCUT2D eigenvalue weighted by atomic mass is 10.2. The first-order valence-electron chi connectivity index (χ1n) is 5.45. The second-order valence-corrected chi connectivity index (χ2v) is 4.42. The molecule has 0 fully saturated rings. The molecule has 0 atom stereocenters. The van der Waals surface area contributed by atoms with Crippen molar-refractivity contribution >= 4 is 12.4 Å². The van der Waals surface area contributed by atoms with Gasteiger partial charge in [-0.2, -0.15) is 0 Å². The Morgan fingerprint density at radius 2 is 1.72 bits per heavy atom. The van der Waals surface area contributed by atoms with Crippen molar-refractivity contribution in [3.8, 4) is 0 Å². The Kier molecular flexibility index (Phi) is 6.42. The summed E-state index contributed by atoms with van der Waals surface area (Å²) < 4.78 is 5.09. The van der Waals surface area contributed by atoms with Crippen molar-refractivity contribution in [2.24, 2.45) is 0 Å². The molecule has 0 aliphatic carbocycles. The van der Waals surface area contributed by atoms with E-state index in [-0.39, 0.29) is 5.57 Å². The van der Waals surface area contributed by atoms with Crippen LogP contribution in [0.1, 0.15) is 20.8 Å². The Bertz CT molecular complexity index is 398. The lowest BCUT2D eigenvalue weighted by Gasteiger charge is -2.20. The summed E-state index contributed by atoms with van der Waals surface area (Å²) in [6.45, 7) is 12.3. The molecule has 18 heavy (non-hydrogen) atoms. The third-order valence-electron chi connectivity index (χ3n) is 1.66. The van der Waals surface area contributed by atoms with Gasteiger partial charge in [0.05, 0.1) is 5.70 Å². The van der Waals surface area contributed by atoms with E-state index < -0.39 is 11.7 Å². The Labute approximate surface area is 108 Å². The molecule has 0 aromatic rings. The maximum absolute atomic E-state index is 11.6. The van der Waals surface area contributed by atoms with Crippen molar-refractivity contribution in [1.29, 1.82) is 0 Å². The topological polar surface area (TPSA) is 55.4 Å². The monoisotopic (exact) mass is 249 g/mol. The zero-order valence-corrected chi connectivity index (χ0v) is 11.0. The van der Waals surface area contributed by atoms with E-state index in [1.54, 1.807) is 20.8 Å². The fourth-order valence-electron chi connectivity index (χ4n) is 1.06. The number of allylic oxidation sites excluding steroid dienone is 5. The molecule has 98 valence electrons. The van der Waals surface area contributed by atoms with Crippen LogP contribution in [0.2, 0.25) is 0 Å². The average molecular weight is 249 g/mol. The average Bonchev–Trinajstić information content (AvgIpc) is 2.22. The molecule has 0 aliphatic rings. The van der Waals surface area contributed by atoms with Crippen LogP contribution < -0.4 is 5.32 Å². The first-order valence-corrected chi connectivity index (χ1v) is 5.45. The predicted molar refractivity (Wildman–Crippen MR) is 72.0 cm³/mol. The quantitative estimate of drug-likeness (QED) is 0.463. The number of hydrogen-bond acceptors (Lipinski definition) is 3. The Morgan fingerprint density at radius 1 is 1.17 bits per heavy atom. The molecule has 0 aromatic carbocycles. The molecule has 0 unspecified atom stereocenters. The van der Waals surface area contributed by atoms with E-state index in [9.17, 15) is 9.59 Å². The van der Waals surface area contributed by atoms with E-state index in [1.165, 1.54) is 24.3 Å². The third kappa shape index (κ3) is 6.48. The molecule has 4 nitrogen and oxygen atoms in total. The number of carbonyl (C=O) groups excluding carboxylic acids is 2. The summed E-state index contributed by atoms with van der Waals surface area (Å²) in [4.78, 5) is 22.5. The molecule has 0 spiro atoms. The second kappa shape index (κ2) is 7.27. The molecule has 0 rings (SSSR count). The van der Waals surface area contributed by atoms with Crippen molar-refractivity contribution < 1.29 is 14.3 Å². The summed E-state index contributed by atoms with van der Waals surface area (Å²) in [6, 6.07) is 0. The van der Waals surface area contributed by atoms with E-state index in [4.69, 9.17) is 4.74 Å². The van der Waals surface area contributed by atoms with Crippen molar-refractivity contribution in [1.82, 2.24) is 5.32 Å². The molecule has 0 bridgehead atoms. The van der Waals surface area contributed by atoms with Gasteiger partial charge in [0, 0.05) is 5.57 Å². The summed E-state index contributed by atoms with van der Waals surface area (Å²) in [5.74, 6) is 0. The molecular weight excluding hydrogens is 230 g/mol. The van der Waals surface area contributed by atoms with Crippen molar-refractivity contribution in [2.75, 3.05) is 0 Å². The molecule has 0 radical (unpaired) electrons. The van der Waals surface area contributed by atoms with Gasteiger partial charge in [-0.05, 0) is 26.8 Å². The van der Waals surface area contributed by atoms with E-state index in [1.807, 2.05) is 0 Å². The van der Waals surface area contributed by atoms with Gasteiger partial charge in [-0.3, -0.25) is 10.1 Å². The van der Waals surface area contributed by atoms with Crippen molar-refractivity contribution in [3.63, 3.8) is 0 Å². The van der Waals surface area contributed by atoms with Gasteiger partial charge in [0.1, 0.15) is 5.60 Å². The van der Waals surface area contributed by atoms with Gasteiger partial charge in [-0.1, -0.05) is 31.4 Å². The first kappa shape index (κ1) is 15.9.